The maximum Gasteiger partial charge on any atom is 0.433 e. The Morgan fingerprint density at radius 2 is 1.94 bits per heavy atom. The average molecular weight is 428 g/mol. The molecule has 6 nitrogen and oxygen atoms in total. The Morgan fingerprint density at radius 1 is 1.13 bits per heavy atom. The van der Waals surface area contributed by atoms with Gasteiger partial charge in [0.15, 0.2) is 0 Å². The van der Waals surface area contributed by atoms with Crippen LogP contribution in [0, 0.1) is 6.92 Å². The number of nitrogens with zero attached hydrogens (tertiary/aromatic N) is 3. The Balaban J connectivity index is 1.81. The van der Waals surface area contributed by atoms with Crippen molar-refractivity contribution in [3.8, 4) is 11.1 Å². The van der Waals surface area contributed by atoms with Crippen LogP contribution >= 0.6 is 0 Å². The summed E-state index contributed by atoms with van der Waals surface area (Å²) >= 11 is 0. The van der Waals surface area contributed by atoms with Gasteiger partial charge in [0, 0.05) is 29.7 Å². The molecule has 0 amide bonds. The topological polar surface area (TPSA) is 77.0 Å². The number of ether oxygens (including phenoxy) is 1. The van der Waals surface area contributed by atoms with Crippen molar-refractivity contribution in [3.05, 3.63) is 71.8 Å². The molecule has 0 saturated carbocycles. The lowest BCUT2D eigenvalue weighted by Gasteiger charge is -2.11. The zero-order valence-corrected chi connectivity index (χ0v) is 16.8. The number of aromatic nitrogens is 3. The van der Waals surface area contributed by atoms with E-state index >= 15 is 0 Å². The monoisotopic (exact) mass is 428 g/mol. The lowest BCUT2D eigenvalue weighted by atomic mass is 10.0. The van der Waals surface area contributed by atoms with Crippen LogP contribution in [0.3, 0.4) is 0 Å². The summed E-state index contributed by atoms with van der Waals surface area (Å²) in [7, 11) is 0. The number of aryl methyl sites for hydroxylation is 1. The molecule has 2 aromatic heterocycles. The Bertz CT molecular complexity index is 1100. The normalized spacial score (nSPS) is 11.5. The van der Waals surface area contributed by atoms with E-state index in [1.54, 1.807) is 37.4 Å². The third kappa shape index (κ3) is 6.11. The minimum Gasteiger partial charge on any atom is -0.463 e. The Labute approximate surface area is 176 Å². The maximum atomic E-state index is 12.9. The molecule has 0 spiro atoms. The minimum atomic E-state index is -4.55. The molecule has 0 fully saturated rings. The fourth-order valence-corrected chi connectivity index (χ4v) is 2.75. The van der Waals surface area contributed by atoms with E-state index in [0.29, 0.717) is 18.0 Å². The van der Waals surface area contributed by atoms with Gasteiger partial charge in [0.25, 0.3) is 0 Å². The number of benzene rings is 1. The summed E-state index contributed by atoms with van der Waals surface area (Å²) in [5.74, 6) is -0.594. The van der Waals surface area contributed by atoms with E-state index in [1.807, 2.05) is 19.1 Å². The van der Waals surface area contributed by atoms with Gasteiger partial charge in [-0.2, -0.15) is 13.2 Å². The highest BCUT2D eigenvalue weighted by Crippen LogP contribution is 2.29. The molecule has 1 N–H and O–H groups in total. The lowest BCUT2D eigenvalue weighted by Crippen LogP contribution is -2.10. The maximum absolute atomic E-state index is 12.9. The molecule has 0 radical (unpaired) electrons. The van der Waals surface area contributed by atoms with Gasteiger partial charge in [-0.25, -0.2) is 14.8 Å². The number of hydrogen-bond donors (Lipinski definition) is 1. The summed E-state index contributed by atoms with van der Waals surface area (Å²) in [4.78, 5) is 23.1. The first-order chi connectivity index (χ1) is 14.7. The predicted molar refractivity (Wildman–Crippen MR) is 110 cm³/mol. The molecule has 0 aliphatic rings. The number of halogens is 3. The summed E-state index contributed by atoms with van der Waals surface area (Å²) < 4.78 is 43.4. The summed E-state index contributed by atoms with van der Waals surface area (Å²) in [5, 5.41) is 2.82. The second-order valence-electron chi connectivity index (χ2n) is 6.53. The highest BCUT2D eigenvalue weighted by Gasteiger charge is 2.32. The molecule has 0 atom stereocenters. The lowest BCUT2D eigenvalue weighted by molar-refractivity contribution is -0.141. The number of carbonyl (C=O) groups excluding carboxylic acids is 1. The van der Waals surface area contributed by atoms with Gasteiger partial charge >= 0.3 is 12.1 Å². The van der Waals surface area contributed by atoms with Gasteiger partial charge in [-0.15, -0.1) is 0 Å². The average Bonchev–Trinajstić information content (AvgIpc) is 2.72. The van der Waals surface area contributed by atoms with Crippen LogP contribution in [0.15, 0.2) is 54.9 Å². The van der Waals surface area contributed by atoms with Crippen LogP contribution in [0.2, 0.25) is 0 Å². The van der Waals surface area contributed by atoms with Crippen LogP contribution in [0.4, 0.5) is 24.8 Å². The number of rotatable bonds is 6. The molecule has 3 rings (SSSR count). The van der Waals surface area contributed by atoms with E-state index in [0.717, 1.165) is 29.0 Å². The minimum absolute atomic E-state index is 0.149. The Hall–Kier alpha value is -3.75. The van der Waals surface area contributed by atoms with Gasteiger partial charge in [-0.05, 0) is 55.3 Å². The Morgan fingerprint density at radius 3 is 2.61 bits per heavy atom. The summed E-state index contributed by atoms with van der Waals surface area (Å²) in [5.41, 5.74) is 2.60. The van der Waals surface area contributed by atoms with Crippen LogP contribution in [-0.4, -0.2) is 27.5 Å². The molecule has 0 saturated heterocycles. The number of nitrogens with one attached hydrogen (secondary N) is 1. The van der Waals surface area contributed by atoms with Crippen LogP contribution in [0.5, 0.6) is 0 Å². The van der Waals surface area contributed by atoms with Crippen molar-refractivity contribution in [2.45, 2.75) is 20.0 Å². The number of hydrogen-bond acceptors (Lipinski definition) is 6. The van der Waals surface area contributed by atoms with Crippen molar-refractivity contribution >= 4 is 23.7 Å². The molecule has 9 heteroatoms. The fraction of sp³-hybridized carbons (Fsp3) is 0.182. The van der Waals surface area contributed by atoms with Crippen LogP contribution in [0.25, 0.3) is 17.2 Å². The van der Waals surface area contributed by atoms with E-state index in [9.17, 15) is 18.0 Å². The van der Waals surface area contributed by atoms with Crippen LogP contribution in [-0.2, 0) is 15.7 Å². The first kappa shape index (κ1) is 21.9. The first-order valence-corrected chi connectivity index (χ1v) is 9.35. The highest BCUT2D eigenvalue weighted by atomic mass is 19.4. The standard InChI is InChI=1S/C22H19F3N4O2/c1-3-31-20(30)7-6-17-5-4-15(13-27-17)16-10-14(2)11-18(12-16)28-21-26-9-8-19(29-21)22(23,24)25/h4-13H,3H2,1-2H3,(H,26,28,29)/b7-6+. The van der Waals surface area contributed by atoms with E-state index in [1.165, 1.54) is 6.08 Å². The molecule has 0 bridgehead atoms. The van der Waals surface area contributed by atoms with Gasteiger partial charge < -0.3 is 10.1 Å². The second kappa shape index (κ2) is 9.38. The first-order valence-electron chi connectivity index (χ1n) is 9.35. The Kier molecular flexibility index (Phi) is 6.64. The van der Waals surface area contributed by atoms with Gasteiger partial charge in [-0.1, -0.05) is 12.1 Å². The summed E-state index contributed by atoms with van der Waals surface area (Å²) in [6, 6.07) is 9.85. The fourth-order valence-electron chi connectivity index (χ4n) is 2.75. The molecule has 0 unspecified atom stereocenters. The van der Waals surface area contributed by atoms with E-state index < -0.39 is 17.8 Å². The molecule has 160 valence electrons. The molecular weight excluding hydrogens is 409 g/mol. The highest BCUT2D eigenvalue weighted by molar-refractivity contribution is 5.86. The quantitative estimate of drug-likeness (QED) is 0.430. The van der Waals surface area contributed by atoms with Crippen LogP contribution < -0.4 is 5.32 Å². The predicted octanol–water partition coefficient (Wildman–Crippen LogP) is 5.19. The SMILES string of the molecule is CCOC(=O)/C=C/c1ccc(-c2cc(C)cc(Nc3nccc(C(F)(F)F)n3)c2)cn1. The van der Waals surface area contributed by atoms with Crippen molar-refractivity contribution < 1.29 is 22.7 Å². The van der Waals surface area contributed by atoms with Gasteiger partial charge in [-0.3, -0.25) is 4.98 Å². The van der Waals surface area contributed by atoms with Gasteiger partial charge in [0.1, 0.15) is 5.69 Å². The van der Waals surface area contributed by atoms with Crippen molar-refractivity contribution in [2.75, 3.05) is 11.9 Å². The summed E-state index contributed by atoms with van der Waals surface area (Å²) in [6.07, 6.45) is 1.00. The molecule has 31 heavy (non-hydrogen) atoms. The molecule has 2 heterocycles. The number of carbonyl (C=O) groups is 1. The molecule has 1 aromatic carbocycles. The van der Waals surface area contributed by atoms with Gasteiger partial charge in [0.05, 0.1) is 12.3 Å². The molecule has 0 aliphatic carbocycles. The van der Waals surface area contributed by atoms with E-state index in [-0.39, 0.29) is 5.95 Å². The molecule has 0 aliphatic heterocycles. The van der Waals surface area contributed by atoms with Crippen molar-refractivity contribution in [2.24, 2.45) is 0 Å². The molecular formula is C22H19F3N4O2. The van der Waals surface area contributed by atoms with E-state index in [4.69, 9.17) is 4.74 Å². The van der Waals surface area contributed by atoms with Crippen molar-refractivity contribution in [1.29, 1.82) is 0 Å². The zero-order chi connectivity index (χ0) is 22.4. The number of esters is 1. The second-order valence-corrected chi connectivity index (χ2v) is 6.53. The van der Waals surface area contributed by atoms with Gasteiger partial charge in [0.2, 0.25) is 5.95 Å². The largest absolute Gasteiger partial charge is 0.463 e. The molecule has 3 aromatic rings. The van der Waals surface area contributed by atoms with Crippen molar-refractivity contribution in [3.63, 3.8) is 0 Å². The zero-order valence-electron chi connectivity index (χ0n) is 16.8. The van der Waals surface area contributed by atoms with Crippen molar-refractivity contribution in [1.82, 2.24) is 15.0 Å². The van der Waals surface area contributed by atoms with Crippen LogP contribution in [0.1, 0.15) is 23.9 Å². The number of pyridine rings is 1. The number of anilines is 2. The summed E-state index contributed by atoms with van der Waals surface area (Å²) in [6.45, 7) is 3.89. The smallest absolute Gasteiger partial charge is 0.433 e. The number of alkyl halides is 3. The third-order valence-electron chi connectivity index (χ3n) is 4.08. The van der Waals surface area contributed by atoms with E-state index in [2.05, 4.69) is 20.3 Å². The third-order valence-corrected chi connectivity index (χ3v) is 4.08.